The zero-order chi connectivity index (χ0) is 16.0. The summed E-state index contributed by atoms with van der Waals surface area (Å²) in [6.45, 7) is 13.6. The highest BCUT2D eigenvalue weighted by Crippen LogP contribution is 2.41. The average molecular weight is 290 g/mol. The normalized spacial score (nSPS) is 13.5. The lowest BCUT2D eigenvalue weighted by molar-refractivity contribution is 0.754. The minimum atomic E-state index is 0.623. The van der Waals surface area contributed by atoms with Crippen LogP contribution in [0.4, 0.5) is 0 Å². The van der Waals surface area contributed by atoms with Gasteiger partial charge in [-0.15, -0.1) is 0 Å². The Morgan fingerprint density at radius 3 is 2.05 bits per heavy atom. The van der Waals surface area contributed by atoms with E-state index in [1.165, 1.54) is 44.5 Å². The smallest absolute Gasteiger partial charge is 0.00524 e. The van der Waals surface area contributed by atoms with Crippen molar-refractivity contribution in [1.29, 1.82) is 0 Å². The lowest BCUT2D eigenvalue weighted by Gasteiger charge is -2.18. The molecule has 0 heteroatoms. The van der Waals surface area contributed by atoms with Gasteiger partial charge < -0.3 is 0 Å². The highest BCUT2D eigenvalue weighted by Gasteiger charge is 2.23. The summed E-state index contributed by atoms with van der Waals surface area (Å²) in [5, 5.41) is 0. The van der Waals surface area contributed by atoms with E-state index in [0.717, 1.165) is 6.42 Å². The molecule has 0 fully saturated rings. The average Bonchev–Trinajstić information content (AvgIpc) is 2.87. The predicted octanol–water partition coefficient (Wildman–Crippen LogP) is 6.18. The fraction of sp³-hybridized carbons (Fsp3) is 0.364. The van der Waals surface area contributed by atoms with Gasteiger partial charge in [0, 0.05) is 0 Å². The Morgan fingerprint density at radius 1 is 0.818 bits per heavy atom. The molecule has 0 saturated heterocycles. The van der Waals surface area contributed by atoms with Crippen LogP contribution in [0.15, 0.2) is 29.8 Å². The van der Waals surface area contributed by atoms with Crippen LogP contribution in [0.3, 0.4) is 0 Å². The van der Waals surface area contributed by atoms with Gasteiger partial charge in [-0.1, -0.05) is 49.8 Å². The monoisotopic (exact) mass is 290 g/mol. The first-order chi connectivity index (χ1) is 10.4. The van der Waals surface area contributed by atoms with Crippen molar-refractivity contribution >= 4 is 6.08 Å². The number of rotatable bonds is 2. The molecule has 0 aromatic heterocycles. The van der Waals surface area contributed by atoms with E-state index in [2.05, 4.69) is 71.9 Å². The molecular weight excluding hydrogens is 264 g/mol. The molecule has 0 unspecified atom stereocenters. The summed E-state index contributed by atoms with van der Waals surface area (Å²) in [7, 11) is 0. The van der Waals surface area contributed by atoms with Crippen molar-refractivity contribution in [3.05, 3.63) is 63.2 Å². The molecule has 0 nitrogen and oxygen atoms in total. The molecule has 2 aromatic rings. The van der Waals surface area contributed by atoms with Crippen molar-refractivity contribution in [2.75, 3.05) is 0 Å². The SMILES string of the molecule is Cc1cc(C)c(-c2c(C)cccc2C)c2c1CC(C(C)C)=C2. The van der Waals surface area contributed by atoms with Gasteiger partial charge in [0.25, 0.3) is 0 Å². The van der Waals surface area contributed by atoms with Crippen molar-refractivity contribution in [3.8, 4) is 11.1 Å². The minimum absolute atomic E-state index is 0.623. The molecule has 0 radical (unpaired) electrons. The second-order valence-electron chi connectivity index (χ2n) is 7.10. The summed E-state index contributed by atoms with van der Waals surface area (Å²) in [5.41, 5.74) is 13.0. The molecule has 2 aromatic carbocycles. The van der Waals surface area contributed by atoms with E-state index in [1.807, 2.05) is 0 Å². The summed E-state index contributed by atoms with van der Waals surface area (Å²) in [5.74, 6) is 0.623. The van der Waals surface area contributed by atoms with Crippen LogP contribution in [-0.4, -0.2) is 0 Å². The summed E-state index contributed by atoms with van der Waals surface area (Å²) >= 11 is 0. The number of fused-ring (bicyclic) bond motifs is 1. The first-order valence-corrected chi connectivity index (χ1v) is 8.30. The number of hydrogen-bond donors (Lipinski definition) is 0. The molecule has 0 N–H and O–H groups in total. The van der Waals surface area contributed by atoms with Crippen LogP contribution >= 0.6 is 0 Å². The lowest BCUT2D eigenvalue weighted by atomic mass is 9.86. The van der Waals surface area contributed by atoms with E-state index >= 15 is 0 Å². The van der Waals surface area contributed by atoms with E-state index in [1.54, 1.807) is 5.57 Å². The van der Waals surface area contributed by atoms with Crippen LogP contribution in [0, 0.1) is 33.6 Å². The summed E-state index contributed by atoms with van der Waals surface area (Å²) in [4.78, 5) is 0. The second kappa shape index (κ2) is 5.43. The zero-order valence-electron chi connectivity index (χ0n) is 14.7. The van der Waals surface area contributed by atoms with E-state index in [0.29, 0.717) is 5.92 Å². The Hall–Kier alpha value is -1.82. The molecule has 0 spiro atoms. The molecule has 0 amide bonds. The molecular formula is C22H26. The summed E-state index contributed by atoms with van der Waals surface area (Å²) in [6, 6.07) is 9.00. The van der Waals surface area contributed by atoms with Gasteiger partial charge in [-0.3, -0.25) is 0 Å². The number of hydrogen-bond acceptors (Lipinski definition) is 0. The number of allylic oxidation sites excluding steroid dienone is 1. The van der Waals surface area contributed by atoms with E-state index in [4.69, 9.17) is 0 Å². The van der Waals surface area contributed by atoms with Crippen molar-refractivity contribution in [3.63, 3.8) is 0 Å². The molecule has 1 aliphatic carbocycles. The van der Waals surface area contributed by atoms with Gasteiger partial charge in [0.1, 0.15) is 0 Å². The predicted molar refractivity (Wildman–Crippen MR) is 97.3 cm³/mol. The fourth-order valence-corrected chi connectivity index (χ4v) is 3.81. The quantitative estimate of drug-likeness (QED) is 0.619. The first-order valence-electron chi connectivity index (χ1n) is 8.30. The maximum atomic E-state index is 2.46. The topological polar surface area (TPSA) is 0 Å². The van der Waals surface area contributed by atoms with Gasteiger partial charge >= 0.3 is 0 Å². The van der Waals surface area contributed by atoms with Crippen LogP contribution in [0.2, 0.25) is 0 Å². The van der Waals surface area contributed by atoms with Crippen LogP contribution in [0.5, 0.6) is 0 Å². The molecule has 0 bridgehead atoms. The standard InChI is InChI=1S/C22H26/c1-13(2)18-11-19-16(5)10-17(6)22(20(19)12-18)21-14(3)8-7-9-15(21)4/h7-10,12-13H,11H2,1-6H3. The number of benzene rings is 2. The van der Waals surface area contributed by atoms with Crippen molar-refractivity contribution < 1.29 is 0 Å². The molecule has 0 atom stereocenters. The lowest BCUT2D eigenvalue weighted by Crippen LogP contribution is -1.99. The minimum Gasteiger partial charge on any atom is -0.0626 e. The van der Waals surface area contributed by atoms with Gasteiger partial charge in [-0.05, 0) is 84.5 Å². The Morgan fingerprint density at radius 2 is 1.45 bits per heavy atom. The molecule has 22 heavy (non-hydrogen) atoms. The van der Waals surface area contributed by atoms with Gasteiger partial charge in [0.15, 0.2) is 0 Å². The van der Waals surface area contributed by atoms with Crippen LogP contribution < -0.4 is 0 Å². The van der Waals surface area contributed by atoms with Crippen LogP contribution in [0.1, 0.15) is 47.2 Å². The molecule has 0 heterocycles. The van der Waals surface area contributed by atoms with Crippen LogP contribution in [0.25, 0.3) is 17.2 Å². The highest BCUT2D eigenvalue weighted by atomic mass is 14.3. The Kier molecular flexibility index (Phi) is 3.72. The van der Waals surface area contributed by atoms with Crippen LogP contribution in [-0.2, 0) is 6.42 Å². The molecule has 114 valence electrons. The molecule has 3 rings (SSSR count). The Balaban J connectivity index is 2.33. The molecule has 0 saturated carbocycles. The highest BCUT2D eigenvalue weighted by molar-refractivity contribution is 5.86. The van der Waals surface area contributed by atoms with Crippen molar-refractivity contribution in [2.24, 2.45) is 5.92 Å². The maximum absolute atomic E-state index is 2.46. The summed E-state index contributed by atoms with van der Waals surface area (Å²) in [6.07, 6.45) is 3.58. The van der Waals surface area contributed by atoms with E-state index in [-0.39, 0.29) is 0 Å². The largest absolute Gasteiger partial charge is 0.0626 e. The maximum Gasteiger partial charge on any atom is -0.00524 e. The second-order valence-corrected chi connectivity index (χ2v) is 7.10. The van der Waals surface area contributed by atoms with Gasteiger partial charge in [0.2, 0.25) is 0 Å². The zero-order valence-corrected chi connectivity index (χ0v) is 14.7. The first kappa shape index (κ1) is 15.1. The van der Waals surface area contributed by atoms with Crippen molar-refractivity contribution in [2.45, 2.75) is 48.0 Å². The van der Waals surface area contributed by atoms with Gasteiger partial charge in [-0.25, -0.2) is 0 Å². The van der Waals surface area contributed by atoms with Gasteiger partial charge in [-0.2, -0.15) is 0 Å². The van der Waals surface area contributed by atoms with E-state index in [9.17, 15) is 0 Å². The Labute approximate surface area is 134 Å². The number of aryl methyl sites for hydroxylation is 4. The van der Waals surface area contributed by atoms with Crippen molar-refractivity contribution in [1.82, 2.24) is 0 Å². The third kappa shape index (κ3) is 2.31. The van der Waals surface area contributed by atoms with Gasteiger partial charge in [0.05, 0.1) is 0 Å². The molecule has 0 aliphatic heterocycles. The molecule has 1 aliphatic rings. The third-order valence-electron chi connectivity index (χ3n) is 5.08. The summed E-state index contributed by atoms with van der Waals surface area (Å²) < 4.78 is 0. The Bertz CT molecular complexity index is 753. The third-order valence-corrected chi connectivity index (χ3v) is 5.08. The fourth-order valence-electron chi connectivity index (χ4n) is 3.81. The van der Waals surface area contributed by atoms with E-state index < -0.39 is 0 Å².